The van der Waals surface area contributed by atoms with Crippen molar-refractivity contribution >= 4 is 18.5 Å². The maximum absolute atomic E-state index is 13.4. The molecule has 18 heavy (non-hydrogen) atoms. The number of amides is 1. The second kappa shape index (κ2) is 7.14. The number of nitrogens with zero attached hydrogens (tertiary/aromatic N) is 1. The smallest absolute Gasteiger partial charge is 0.410 e. The van der Waals surface area contributed by atoms with Crippen LogP contribution in [0.5, 0.6) is 0 Å². The zero-order valence-electron chi connectivity index (χ0n) is 11.3. The van der Waals surface area contributed by atoms with Gasteiger partial charge < -0.3 is 15.4 Å². The predicted molar refractivity (Wildman–Crippen MR) is 71.7 cm³/mol. The van der Waals surface area contributed by atoms with E-state index in [0.717, 1.165) is 0 Å². The van der Waals surface area contributed by atoms with Gasteiger partial charge in [-0.2, -0.15) is 0 Å². The SMILES string of the molecule is CC(C)(C)OC(=O)N1CCC(C(F)CN)CC1.Cl. The largest absolute Gasteiger partial charge is 0.444 e. The molecule has 0 spiro atoms. The highest BCUT2D eigenvalue weighted by Crippen LogP contribution is 2.23. The molecule has 1 rings (SSSR count). The standard InChI is InChI=1S/C12H23FN2O2.ClH/c1-12(2,3)17-11(16)15-6-4-9(5-7-15)10(13)8-14;/h9-10H,4-8,14H2,1-3H3;1H. The second-order valence-corrected chi connectivity index (χ2v) is 5.56. The molecule has 0 bridgehead atoms. The van der Waals surface area contributed by atoms with Crippen LogP contribution in [0.3, 0.4) is 0 Å². The Morgan fingerprint density at radius 2 is 1.94 bits per heavy atom. The van der Waals surface area contributed by atoms with Crippen molar-refractivity contribution in [2.75, 3.05) is 19.6 Å². The van der Waals surface area contributed by atoms with Crippen LogP contribution in [-0.2, 0) is 4.74 Å². The number of carbonyl (C=O) groups is 1. The Hall–Kier alpha value is -0.550. The molecule has 4 nitrogen and oxygen atoms in total. The number of rotatable bonds is 2. The van der Waals surface area contributed by atoms with E-state index in [4.69, 9.17) is 10.5 Å². The van der Waals surface area contributed by atoms with Crippen LogP contribution in [0.25, 0.3) is 0 Å². The van der Waals surface area contributed by atoms with Crippen molar-refractivity contribution in [3.8, 4) is 0 Å². The van der Waals surface area contributed by atoms with Gasteiger partial charge in [-0.1, -0.05) is 0 Å². The van der Waals surface area contributed by atoms with E-state index in [2.05, 4.69) is 0 Å². The normalized spacial score (nSPS) is 19.1. The zero-order valence-corrected chi connectivity index (χ0v) is 12.1. The van der Waals surface area contributed by atoms with Crippen LogP contribution in [-0.4, -0.2) is 42.4 Å². The molecule has 1 heterocycles. The molecule has 6 heteroatoms. The fourth-order valence-corrected chi connectivity index (χ4v) is 1.96. The molecule has 1 atom stereocenters. The van der Waals surface area contributed by atoms with E-state index in [1.54, 1.807) is 4.90 Å². The third kappa shape index (κ3) is 5.40. The van der Waals surface area contributed by atoms with Crippen molar-refractivity contribution in [2.45, 2.75) is 45.4 Å². The molecule has 0 aromatic rings. The summed E-state index contributed by atoms with van der Waals surface area (Å²) in [6, 6.07) is 0. The van der Waals surface area contributed by atoms with Gasteiger partial charge in [0.1, 0.15) is 11.8 Å². The molecule has 1 fully saturated rings. The average molecular weight is 283 g/mol. The molecule has 1 aliphatic rings. The van der Waals surface area contributed by atoms with Gasteiger partial charge in [0.05, 0.1) is 0 Å². The van der Waals surface area contributed by atoms with Crippen molar-refractivity contribution in [3.63, 3.8) is 0 Å². The lowest BCUT2D eigenvalue weighted by molar-refractivity contribution is 0.0148. The Bertz CT molecular complexity index is 263. The van der Waals surface area contributed by atoms with Gasteiger partial charge in [0.2, 0.25) is 0 Å². The maximum Gasteiger partial charge on any atom is 0.410 e. The molecule has 108 valence electrons. The van der Waals surface area contributed by atoms with Gasteiger partial charge in [-0.05, 0) is 39.5 Å². The minimum absolute atomic E-state index is 0. The Morgan fingerprint density at radius 3 is 2.33 bits per heavy atom. The zero-order chi connectivity index (χ0) is 13.1. The molecule has 0 saturated carbocycles. The molecule has 0 aromatic heterocycles. The minimum Gasteiger partial charge on any atom is -0.444 e. The lowest BCUT2D eigenvalue weighted by atomic mass is 9.92. The molecule has 2 N–H and O–H groups in total. The highest BCUT2D eigenvalue weighted by atomic mass is 35.5. The fourth-order valence-electron chi connectivity index (χ4n) is 1.96. The Morgan fingerprint density at radius 1 is 1.44 bits per heavy atom. The minimum atomic E-state index is -0.948. The molecule has 1 unspecified atom stereocenters. The Kier molecular flexibility index (Phi) is 6.92. The number of piperidine rings is 1. The van der Waals surface area contributed by atoms with Crippen molar-refractivity contribution in [3.05, 3.63) is 0 Å². The van der Waals surface area contributed by atoms with E-state index in [1.807, 2.05) is 20.8 Å². The number of ether oxygens (including phenoxy) is 1. The summed E-state index contributed by atoms with van der Waals surface area (Å²) in [5, 5.41) is 0. The van der Waals surface area contributed by atoms with Crippen LogP contribution in [0, 0.1) is 5.92 Å². The number of halogens is 2. The molecule has 1 aliphatic heterocycles. The van der Waals surface area contributed by atoms with E-state index in [1.165, 1.54) is 0 Å². The second-order valence-electron chi connectivity index (χ2n) is 5.56. The van der Waals surface area contributed by atoms with Crippen LogP contribution < -0.4 is 5.73 Å². The number of carbonyl (C=O) groups excluding carboxylic acids is 1. The molecule has 0 aliphatic carbocycles. The van der Waals surface area contributed by atoms with Crippen LogP contribution in [0.15, 0.2) is 0 Å². The summed E-state index contributed by atoms with van der Waals surface area (Å²) in [7, 11) is 0. The van der Waals surface area contributed by atoms with E-state index in [-0.39, 0.29) is 31.0 Å². The third-order valence-corrected chi connectivity index (χ3v) is 2.93. The molecule has 1 amide bonds. The number of nitrogens with two attached hydrogens (primary N) is 1. The summed E-state index contributed by atoms with van der Waals surface area (Å²) in [5.41, 5.74) is 4.82. The van der Waals surface area contributed by atoms with Crippen molar-refractivity contribution in [1.82, 2.24) is 4.90 Å². The number of likely N-dealkylation sites (tertiary alicyclic amines) is 1. The first-order valence-electron chi connectivity index (χ1n) is 6.15. The van der Waals surface area contributed by atoms with Gasteiger partial charge in [-0.15, -0.1) is 12.4 Å². The summed E-state index contributed by atoms with van der Waals surface area (Å²) in [6.45, 7) is 6.69. The summed E-state index contributed by atoms with van der Waals surface area (Å²) < 4.78 is 18.6. The Balaban J connectivity index is 0.00000289. The summed E-state index contributed by atoms with van der Waals surface area (Å²) in [5.74, 6) is -0.0151. The van der Waals surface area contributed by atoms with E-state index in [9.17, 15) is 9.18 Å². The van der Waals surface area contributed by atoms with E-state index < -0.39 is 11.8 Å². The summed E-state index contributed by atoms with van der Waals surface area (Å²) >= 11 is 0. The molecule has 0 aromatic carbocycles. The Labute approximate surface area is 114 Å². The van der Waals surface area contributed by atoms with Crippen molar-refractivity contribution in [1.29, 1.82) is 0 Å². The predicted octanol–water partition coefficient (Wildman–Crippen LogP) is 2.35. The van der Waals surface area contributed by atoms with E-state index in [0.29, 0.717) is 25.9 Å². The lowest BCUT2D eigenvalue weighted by Gasteiger charge is -2.34. The van der Waals surface area contributed by atoms with E-state index >= 15 is 0 Å². The lowest BCUT2D eigenvalue weighted by Crippen LogP contribution is -2.44. The highest BCUT2D eigenvalue weighted by Gasteiger charge is 2.29. The third-order valence-electron chi connectivity index (χ3n) is 2.93. The first kappa shape index (κ1) is 17.4. The van der Waals surface area contributed by atoms with Crippen molar-refractivity contribution in [2.24, 2.45) is 11.7 Å². The fraction of sp³-hybridized carbons (Fsp3) is 0.917. The van der Waals surface area contributed by atoms with Crippen molar-refractivity contribution < 1.29 is 13.9 Å². The molecular weight excluding hydrogens is 259 g/mol. The topological polar surface area (TPSA) is 55.6 Å². The molecule has 1 saturated heterocycles. The van der Waals surface area contributed by atoms with Gasteiger partial charge in [-0.3, -0.25) is 0 Å². The first-order chi connectivity index (χ1) is 7.83. The number of hydrogen-bond donors (Lipinski definition) is 1. The molecular formula is C12H24ClFN2O2. The van der Waals surface area contributed by atoms with Crippen LogP contribution in [0.1, 0.15) is 33.6 Å². The first-order valence-corrected chi connectivity index (χ1v) is 6.15. The van der Waals surface area contributed by atoms with Crippen LogP contribution in [0.4, 0.5) is 9.18 Å². The number of alkyl halides is 1. The highest BCUT2D eigenvalue weighted by molar-refractivity contribution is 5.85. The van der Waals surface area contributed by atoms with Gasteiger partial charge in [0.15, 0.2) is 0 Å². The summed E-state index contributed by atoms with van der Waals surface area (Å²) in [6.07, 6.45) is 0.0739. The van der Waals surface area contributed by atoms with Gasteiger partial charge in [0, 0.05) is 19.6 Å². The maximum atomic E-state index is 13.4. The molecule has 0 radical (unpaired) electrons. The van der Waals surface area contributed by atoms with Gasteiger partial charge in [-0.25, -0.2) is 9.18 Å². The average Bonchev–Trinajstić information content (AvgIpc) is 2.26. The van der Waals surface area contributed by atoms with Crippen LogP contribution >= 0.6 is 12.4 Å². The quantitative estimate of drug-likeness (QED) is 0.846. The van der Waals surface area contributed by atoms with Crippen LogP contribution in [0.2, 0.25) is 0 Å². The monoisotopic (exact) mass is 282 g/mol. The number of hydrogen-bond acceptors (Lipinski definition) is 3. The summed E-state index contributed by atoms with van der Waals surface area (Å²) in [4.78, 5) is 13.4. The van der Waals surface area contributed by atoms with Gasteiger partial charge >= 0.3 is 6.09 Å². The van der Waals surface area contributed by atoms with Gasteiger partial charge in [0.25, 0.3) is 0 Å².